The Hall–Kier alpha value is -1.32. The summed E-state index contributed by atoms with van der Waals surface area (Å²) in [6, 6.07) is 2.60. The minimum atomic E-state index is 0.549. The number of aryl methyl sites for hydroxylation is 1. The molecule has 1 heterocycles. The summed E-state index contributed by atoms with van der Waals surface area (Å²) in [6.45, 7) is 9.76. The van der Waals surface area contributed by atoms with Gasteiger partial charge in [-0.15, -0.1) is 0 Å². The first kappa shape index (κ1) is 16.1. The molecular formula is C17H30N4. The summed E-state index contributed by atoms with van der Waals surface area (Å²) in [6.07, 6.45) is 6.15. The highest BCUT2D eigenvalue weighted by Crippen LogP contribution is 2.32. The van der Waals surface area contributed by atoms with E-state index >= 15 is 0 Å². The molecule has 2 unspecified atom stereocenters. The molecule has 4 heteroatoms. The molecule has 0 aromatic carbocycles. The number of hydrogen-bond acceptors (Lipinski definition) is 4. The van der Waals surface area contributed by atoms with Crippen LogP contribution in [0.1, 0.15) is 59.2 Å². The van der Waals surface area contributed by atoms with Crippen molar-refractivity contribution in [2.24, 2.45) is 11.8 Å². The Bertz CT molecular complexity index is 444. The first-order chi connectivity index (χ1) is 10.1. The lowest BCUT2D eigenvalue weighted by Gasteiger charge is -2.35. The monoisotopic (exact) mass is 290 g/mol. The molecule has 1 aliphatic rings. The summed E-state index contributed by atoms with van der Waals surface area (Å²) in [5.74, 6) is 4.30. The van der Waals surface area contributed by atoms with Gasteiger partial charge in [-0.25, -0.2) is 9.97 Å². The highest BCUT2D eigenvalue weighted by atomic mass is 15.1. The van der Waals surface area contributed by atoms with Gasteiger partial charge in [0.2, 0.25) is 0 Å². The first-order valence-electron chi connectivity index (χ1n) is 8.52. The molecule has 118 valence electrons. The molecular weight excluding hydrogens is 260 g/mol. The summed E-state index contributed by atoms with van der Waals surface area (Å²) < 4.78 is 0. The predicted octanol–water partition coefficient (Wildman–Crippen LogP) is 4.10. The van der Waals surface area contributed by atoms with Gasteiger partial charge >= 0.3 is 0 Å². The first-order valence-corrected chi connectivity index (χ1v) is 8.52. The normalized spacial score (nSPS) is 22.3. The molecule has 2 atom stereocenters. The summed E-state index contributed by atoms with van der Waals surface area (Å²) in [4.78, 5) is 9.19. The Labute approximate surface area is 129 Å². The van der Waals surface area contributed by atoms with E-state index in [-0.39, 0.29) is 0 Å². The minimum absolute atomic E-state index is 0.549. The number of anilines is 2. The largest absolute Gasteiger partial charge is 0.370 e. The second-order valence-corrected chi connectivity index (χ2v) is 6.38. The molecule has 4 nitrogen and oxygen atoms in total. The van der Waals surface area contributed by atoms with Crippen LogP contribution in [0.25, 0.3) is 0 Å². The van der Waals surface area contributed by atoms with Crippen LogP contribution in [0.5, 0.6) is 0 Å². The molecule has 21 heavy (non-hydrogen) atoms. The van der Waals surface area contributed by atoms with E-state index < -0.39 is 0 Å². The third kappa shape index (κ3) is 4.32. The zero-order valence-electron chi connectivity index (χ0n) is 13.9. The van der Waals surface area contributed by atoms with E-state index in [1.807, 2.05) is 0 Å². The summed E-state index contributed by atoms with van der Waals surface area (Å²) in [5.41, 5.74) is 0. The molecule has 1 saturated carbocycles. The maximum Gasteiger partial charge on any atom is 0.132 e. The number of hydrogen-bond donors (Lipinski definition) is 2. The van der Waals surface area contributed by atoms with Gasteiger partial charge in [0.25, 0.3) is 0 Å². The van der Waals surface area contributed by atoms with Crippen molar-refractivity contribution in [3.05, 3.63) is 11.9 Å². The summed E-state index contributed by atoms with van der Waals surface area (Å²) >= 11 is 0. The van der Waals surface area contributed by atoms with Crippen molar-refractivity contribution in [2.75, 3.05) is 17.2 Å². The molecule has 0 bridgehead atoms. The van der Waals surface area contributed by atoms with Crippen molar-refractivity contribution >= 4 is 11.6 Å². The number of rotatable bonds is 6. The molecule has 1 aromatic heterocycles. The van der Waals surface area contributed by atoms with E-state index in [1.165, 1.54) is 25.7 Å². The van der Waals surface area contributed by atoms with E-state index in [4.69, 9.17) is 0 Å². The van der Waals surface area contributed by atoms with Crippen LogP contribution in [0.15, 0.2) is 6.07 Å². The number of nitrogens with one attached hydrogen (secondary N) is 2. The van der Waals surface area contributed by atoms with Gasteiger partial charge in [-0.05, 0) is 31.6 Å². The van der Waals surface area contributed by atoms with Crippen LogP contribution in [0, 0.1) is 11.8 Å². The summed E-state index contributed by atoms with van der Waals surface area (Å²) in [5, 5.41) is 7.00. The van der Waals surface area contributed by atoms with Gasteiger partial charge in [0.15, 0.2) is 0 Å². The fraction of sp³-hybridized carbons (Fsp3) is 0.765. The fourth-order valence-corrected chi connectivity index (χ4v) is 3.33. The van der Waals surface area contributed by atoms with Crippen molar-refractivity contribution in [1.29, 1.82) is 0 Å². The topological polar surface area (TPSA) is 49.8 Å². The van der Waals surface area contributed by atoms with Crippen LogP contribution < -0.4 is 10.6 Å². The van der Waals surface area contributed by atoms with E-state index in [0.717, 1.165) is 42.3 Å². The van der Waals surface area contributed by atoms with E-state index in [1.54, 1.807) is 0 Å². The van der Waals surface area contributed by atoms with Crippen molar-refractivity contribution in [3.8, 4) is 0 Å². The zero-order chi connectivity index (χ0) is 15.2. The van der Waals surface area contributed by atoms with Gasteiger partial charge in [0, 0.05) is 25.1 Å². The van der Waals surface area contributed by atoms with Crippen LogP contribution >= 0.6 is 0 Å². The molecule has 0 spiro atoms. The van der Waals surface area contributed by atoms with Crippen LogP contribution in [0.2, 0.25) is 0 Å². The van der Waals surface area contributed by atoms with Crippen LogP contribution in [0.3, 0.4) is 0 Å². The Kier molecular flexibility index (Phi) is 5.83. The lowest BCUT2D eigenvalue weighted by molar-refractivity contribution is 0.253. The lowest BCUT2D eigenvalue weighted by Crippen LogP contribution is -2.35. The minimum Gasteiger partial charge on any atom is -0.370 e. The van der Waals surface area contributed by atoms with E-state index in [2.05, 4.69) is 54.4 Å². The maximum absolute atomic E-state index is 4.66. The average molecular weight is 290 g/mol. The van der Waals surface area contributed by atoms with Gasteiger partial charge in [0.05, 0.1) is 0 Å². The zero-order valence-corrected chi connectivity index (χ0v) is 13.9. The smallest absolute Gasteiger partial charge is 0.132 e. The standard InChI is InChI=1S/C17H30N4/c1-5-15-20-16(18-6-2)11-17(21-15)19-14-10-8-7-9-13(14)12(3)4/h11-14H,5-10H2,1-4H3,(H2,18,19,20,21). The van der Waals surface area contributed by atoms with Gasteiger partial charge in [-0.1, -0.05) is 33.6 Å². The molecule has 2 N–H and O–H groups in total. The lowest BCUT2D eigenvalue weighted by atomic mass is 9.78. The number of aromatic nitrogens is 2. The molecule has 0 amide bonds. The molecule has 0 radical (unpaired) electrons. The Morgan fingerprint density at radius 3 is 2.52 bits per heavy atom. The number of nitrogens with zero attached hydrogens (tertiary/aromatic N) is 2. The van der Waals surface area contributed by atoms with E-state index in [9.17, 15) is 0 Å². The van der Waals surface area contributed by atoms with Crippen molar-refractivity contribution in [1.82, 2.24) is 9.97 Å². The summed E-state index contributed by atoms with van der Waals surface area (Å²) in [7, 11) is 0. The van der Waals surface area contributed by atoms with Crippen molar-refractivity contribution in [3.63, 3.8) is 0 Å². The Balaban J connectivity index is 2.14. The fourth-order valence-electron chi connectivity index (χ4n) is 3.33. The average Bonchev–Trinajstić information content (AvgIpc) is 2.47. The van der Waals surface area contributed by atoms with Crippen LogP contribution in [-0.2, 0) is 6.42 Å². The highest BCUT2D eigenvalue weighted by Gasteiger charge is 2.27. The van der Waals surface area contributed by atoms with E-state index in [0.29, 0.717) is 6.04 Å². The molecule has 0 aliphatic heterocycles. The van der Waals surface area contributed by atoms with Gasteiger partial charge in [-0.3, -0.25) is 0 Å². The molecule has 0 saturated heterocycles. The molecule has 1 aliphatic carbocycles. The molecule has 1 aromatic rings. The Morgan fingerprint density at radius 1 is 1.14 bits per heavy atom. The van der Waals surface area contributed by atoms with Crippen molar-refractivity contribution in [2.45, 2.75) is 65.8 Å². The van der Waals surface area contributed by atoms with Crippen LogP contribution in [-0.4, -0.2) is 22.6 Å². The quantitative estimate of drug-likeness (QED) is 0.828. The molecule has 1 fully saturated rings. The van der Waals surface area contributed by atoms with Crippen LogP contribution in [0.4, 0.5) is 11.6 Å². The van der Waals surface area contributed by atoms with Crippen molar-refractivity contribution < 1.29 is 0 Å². The SMILES string of the molecule is CCNc1cc(NC2CCCCC2C(C)C)nc(CC)n1. The third-order valence-corrected chi connectivity index (χ3v) is 4.46. The predicted molar refractivity (Wildman–Crippen MR) is 89.8 cm³/mol. The van der Waals surface area contributed by atoms with Gasteiger partial charge in [0.1, 0.15) is 17.5 Å². The molecule has 2 rings (SSSR count). The van der Waals surface area contributed by atoms with Gasteiger partial charge in [-0.2, -0.15) is 0 Å². The highest BCUT2D eigenvalue weighted by molar-refractivity contribution is 5.48. The van der Waals surface area contributed by atoms with Gasteiger partial charge < -0.3 is 10.6 Å². The second kappa shape index (κ2) is 7.62. The maximum atomic E-state index is 4.66. The third-order valence-electron chi connectivity index (χ3n) is 4.46. The Morgan fingerprint density at radius 2 is 1.86 bits per heavy atom. The second-order valence-electron chi connectivity index (χ2n) is 6.38.